The van der Waals surface area contributed by atoms with E-state index in [0.29, 0.717) is 6.54 Å². The molecule has 118 valence electrons. The van der Waals surface area contributed by atoms with Crippen LogP contribution in [-0.4, -0.2) is 36.2 Å². The van der Waals surface area contributed by atoms with E-state index < -0.39 is 0 Å². The van der Waals surface area contributed by atoms with E-state index in [-0.39, 0.29) is 29.8 Å². The van der Waals surface area contributed by atoms with Gasteiger partial charge >= 0.3 is 0 Å². The number of likely N-dealkylation sites (tertiary alicyclic amines) is 1. The Labute approximate surface area is 132 Å². The van der Waals surface area contributed by atoms with Crippen LogP contribution in [0.15, 0.2) is 36.9 Å². The molecule has 4 heteroatoms. The van der Waals surface area contributed by atoms with Crippen molar-refractivity contribution < 1.29 is 9.59 Å². The van der Waals surface area contributed by atoms with E-state index in [0.717, 1.165) is 6.29 Å². The Hall–Kier alpha value is -1.94. The quantitative estimate of drug-likeness (QED) is 0.668. The van der Waals surface area contributed by atoms with E-state index in [9.17, 15) is 9.59 Å². The van der Waals surface area contributed by atoms with Crippen molar-refractivity contribution in [3.63, 3.8) is 0 Å². The number of amides is 1. The summed E-state index contributed by atoms with van der Waals surface area (Å²) in [5, 5.41) is 2.68. The number of rotatable bonds is 5. The third-order valence-electron chi connectivity index (χ3n) is 4.64. The van der Waals surface area contributed by atoms with Crippen molar-refractivity contribution in [2.24, 2.45) is 11.8 Å². The minimum absolute atomic E-state index is 0.00307. The summed E-state index contributed by atoms with van der Waals surface area (Å²) in [6, 6.07) is 8.17. The molecule has 1 fully saturated rings. The lowest BCUT2D eigenvalue weighted by Crippen LogP contribution is -2.39. The molecular weight excluding hydrogens is 276 g/mol. The van der Waals surface area contributed by atoms with Crippen molar-refractivity contribution in [1.82, 2.24) is 10.2 Å². The molecule has 0 radical (unpaired) electrons. The summed E-state index contributed by atoms with van der Waals surface area (Å²) in [7, 11) is 1.61. The second kappa shape index (κ2) is 6.88. The van der Waals surface area contributed by atoms with Gasteiger partial charge in [-0.15, -0.1) is 6.58 Å². The van der Waals surface area contributed by atoms with Gasteiger partial charge in [0.15, 0.2) is 0 Å². The van der Waals surface area contributed by atoms with E-state index in [1.807, 2.05) is 13.0 Å². The van der Waals surface area contributed by atoms with Crippen molar-refractivity contribution in [1.29, 1.82) is 0 Å². The zero-order valence-electron chi connectivity index (χ0n) is 13.5. The van der Waals surface area contributed by atoms with E-state index in [4.69, 9.17) is 0 Å². The number of nitrogens with one attached hydrogen (secondary N) is 1. The Morgan fingerprint density at radius 2 is 2.18 bits per heavy atom. The summed E-state index contributed by atoms with van der Waals surface area (Å²) < 4.78 is 0. The van der Waals surface area contributed by atoms with Gasteiger partial charge in [-0.05, 0) is 19.4 Å². The standard InChI is InChI=1S/C18H24N2O2/c1-5-16-17(18(22)19-4)15(11-21)13(3)20(16)10-14-8-6-7-12(2)9-14/h5-9,11,13,15-17H,1,10H2,2-4H3,(H,19,22). The largest absolute Gasteiger partial charge is 0.359 e. The number of nitrogens with zero attached hydrogens (tertiary/aromatic N) is 1. The van der Waals surface area contributed by atoms with Gasteiger partial charge in [0.25, 0.3) is 0 Å². The third-order valence-corrected chi connectivity index (χ3v) is 4.64. The Kier molecular flexibility index (Phi) is 5.14. The summed E-state index contributed by atoms with van der Waals surface area (Å²) in [6.45, 7) is 8.66. The first-order valence-electron chi connectivity index (χ1n) is 7.64. The van der Waals surface area contributed by atoms with Crippen LogP contribution < -0.4 is 5.32 Å². The Balaban J connectivity index is 2.31. The highest BCUT2D eigenvalue weighted by Crippen LogP contribution is 2.36. The predicted octanol–water partition coefficient (Wildman–Crippen LogP) is 1.93. The van der Waals surface area contributed by atoms with Crippen LogP contribution in [0.1, 0.15) is 18.1 Å². The minimum Gasteiger partial charge on any atom is -0.359 e. The molecule has 1 heterocycles. The fraction of sp³-hybridized carbons (Fsp3) is 0.444. The van der Waals surface area contributed by atoms with E-state index >= 15 is 0 Å². The summed E-state index contributed by atoms with van der Waals surface area (Å²) in [6.07, 6.45) is 2.70. The maximum absolute atomic E-state index is 12.2. The number of aryl methyl sites for hydroxylation is 1. The molecule has 1 saturated heterocycles. The fourth-order valence-corrected chi connectivity index (χ4v) is 3.47. The second-order valence-corrected chi connectivity index (χ2v) is 5.98. The number of carbonyl (C=O) groups excluding carboxylic acids is 2. The number of hydrogen-bond donors (Lipinski definition) is 1. The predicted molar refractivity (Wildman–Crippen MR) is 87.3 cm³/mol. The molecule has 1 amide bonds. The fourth-order valence-electron chi connectivity index (χ4n) is 3.47. The zero-order valence-corrected chi connectivity index (χ0v) is 13.5. The van der Waals surface area contributed by atoms with Crippen LogP contribution in [0.4, 0.5) is 0 Å². The zero-order chi connectivity index (χ0) is 16.3. The molecule has 0 saturated carbocycles. The molecular formula is C18H24N2O2. The molecule has 0 spiro atoms. The molecule has 0 aliphatic carbocycles. The molecule has 1 N–H and O–H groups in total. The van der Waals surface area contributed by atoms with Crippen LogP contribution in [0.3, 0.4) is 0 Å². The van der Waals surface area contributed by atoms with Gasteiger partial charge in [-0.25, -0.2) is 0 Å². The normalized spacial score (nSPS) is 28.3. The summed E-state index contributed by atoms with van der Waals surface area (Å²) in [5.41, 5.74) is 2.38. The molecule has 4 unspecified atom stereocenters. The first-order chi connectivity index (χ1) is 10.5. The second-order valence-electron chi connectivity index (χ2n) is 5.98. The van der Waals surface area contributed by atoms with E-state index in [1.54, 1.807) is 13.1 Å². The average Bonchev–Trinajstić information content (AvgIpc) is 2.78. The van der Waals surface area contributed by atoms with Crippen LogP contribution in [-0.2, 0) is 16.1 Å². The van der Waals surface area contributed by atoms with Crippen molar-refractivity contribution in [2.75, 3.05) is 7.05 Å². The van der Waals surface area contributed by atoms with Crippen LogP contribution in [0.5, 0.6) is 0 Å². The van der Waals surface area contributed by atoms with Gasteiger partial charge in [-0.3, -0.25) is 9.69 Å². The van der Waals surface area contributed by atoms with Gasteiger partial charge < -0.3 is 10.1 Å². The topological polar surface area (TPSA) is 49.4 Å². The summed E-state index contributed by atoms with van der Waals surface area (Å²) >= 11 is 0. The number of benzene rings is 1. The van der Waals surface area contributed by atoms with Crippen LogP contribution in [0.25, 0.3) is 0 Å². The molecule has 2 rings (SSSR count). The molecule has 22 heavy (non-hydrogen) atoms. The Morgan fingerprint density at radius 3 is 2.73 bits per heavy atom. The minimum atomic E-state index is -0.375. The highest BCUT2D eigenvalue weighted by Gasteiger charge is 2.48. The first kappa shape index (κ1) is 16.4. The number of carbonyl (C=O) groups is 2. The molecule has 1 aromatic carbocycles. The summed E-state index contributed by atoms with van der Waals surface area (Å²) in [5.74, 6) is -0.784. The van der Waals surface area contributed by atoms with Crippen LogP contribution in [0.2, 0.25) is 0 Å². The smallest absolute Gasteiger partial charge is 0.225 e. The molecule has 1 aliphatic heterocycles. The van der Waals surface area contributed by atoms with Crippen molar-refractivity contribution in [2.45, 2.75) is 32.5 Å². The molecule has 0 aromatic heterocycles. The van der Waals surface area contributed by atoms with Crippen molar-refractivity contribution in [3.05, 3.63) is 48.0 Å². The highest BCUT2D eigenvalue weighted by atomic mass is 16.2. The van der Waals surface area contributed by atoms with E-state index in [2.05, 4.69) is 41.9 Å². The molecule has 4 nitrogen and oxygen atoms in total. The maximum Gasteiger partial charge on any atom is 0.225 e. The molecule has 0 bridgehead atoms. The van der Waals surface area contributed by atoms with Gasteiger partial charge in [0.1, 0.15) is 6.29 Å². The lowest BCUT2D eigenvalue weighted by Gasteiger charge is -2.27. The van der Waals surface area contributed by atoms with Crippen LogP contribution in [0, 0.1) is 18.8 Å². The van der Waals surface area contributed by atoms with Gasteiger partial charge in [-0.1, -0.05) is 35.9 Å². The molecule has 1 aromatic rings. The van der Waals surface area contributed by atoms with Crippen molar-refractivity contribution in [3.8, 4) is 0 Å². The maximum atomic E-state index is 12.2. The van der Waals surface area contributed by atoms with Gasteiger partial charge in [0, 0.05) is 31.6 Å². The van der Waals surface area contributed by atoms with Crippen LogP contribution >= 0.6 is 0 Å². The Morgan fingerprint density at radius 1 is 1.45 bits per heavy atom. The molecule has 4 atom stereocenters. The number of aldehydes is 1. The van der Waals surface area contributed by atoms with Gasteiger partial charge in [0.05, 0.1) is 5.92 Å². The van der Waals surface area contributed by atoms with E-state index in [1.165, 1.54) is 11.1 Å². The Bertz CT molecular complexity index is 570. The third kappa shape index (κ3) is 2.97. The van der Waals surface area contributed by atoms with Crippen molar-refractivity contribution >= 4 is 12.2 Å². The monoisotopic (exact) mass is 300 g/mol. The lowest BCUT2D eigenvalue weighted by atomic mass is 9.88. The highest BCUT2D eigenvalue weighted by molar-refractivity contribution is 5.83. The summed E-state index contributed by atoms with van der Waals surface area (Å²) in [4.78, 5) is 25.9. The van der Waals surface area contributed by atoms with Gasteiger partial charge in [-0.2, -0.15) is 0 Å². The lowest BCUT2D eigenvalue weighted by molar-refractivity contribution is -0.128. The molecule has 1 aliphatic rings. The average molecular weight is 300 g/mol. The SMILES string of the molecule is C=CC1C(C(=O)NC)C(C=O)C(C)N1Cc1cccc(C)c1. The van der Waals surface area contributed by atoms with Gasteiger partial charge in [0.2, 0.25) is 5.91 Å². The first-order valence-corrected chi connectivity index (χ1v) is 7.64. The number of hydrogen-bond acceptors (Lipinski definition) is 3.